The van der Waals surface area contributed by atoms with Gasteiger partial charge in [0.05, 0.1) is 22.3 Å². The van der Waals surface area contributed by atoms with Crippen molar-refractivity contribution in [1.82, 2.24) is 4.90 Å². The van der Waals surface area contributed by atoms with Gasteiger partial charge < -0.3 is 9.74 Å². The summed E-state index contributed by atoms with van der Waals surface area (Å²) in [5, 5.41) is 5.10. The molecule has 7 heteroatoms. The molecule has 0 spiro atoms. The maximum absolute atomic E-state index is 13.2. The summed E-state index contributed by atoms with van der Waals surface area (Å²) in [6, 6.07) is 11.5. The Morgan fingerprint density at radius 2 is 1.93 bits per heavy atom. The van der Waals surface area contributed by atoms with Crippen LogP contribution in [-0.2, 0) is 16.2 Å². The van der Waals surface area contributed by atoms with Gasteiger partial charge in [-0.05, 0) is 29.8 Å². The first-order valence-electron chi connectivity index (χ1n) is 9.05. The number of amides is 1. The van der Waals surface area contributed by atoms with Gasteiger partial charge in [-0.25, -0.2) is 4.39 Å². The number of carbonyl (C=O) groups excluding carboxylic acids is 1. The topological polar surface area (TPSA) is 41.9 Å². The highest BCUT2D eigenvalue weighted by atomic mass is 35.5. The van der Waals surface area contributed by atoms with Crippen LogP contribution in [0.4, 0.5) is 4.39 Å². The molecule has 1 aliphatic rings. The zero-order chi connectivity index (χ0) is 20.3. The molecule has 1 atom stereocenters. The Kier molecular flexibility index (Phi) is 6.57. The van der Waals surface area contributed by atoms with E-state index in [1.807, 2.05) is 19.9 Å². The van der Waals surface area contributed by atoms with E-state index in [9.17, 15) is 9.18 Å². The lowest BCUT2D eigenvalue weighted by Gasteiger charge is -2.26. The number of oxime groups is 1. The molecular weight excluding hydrogens is 402 g/mol. The van der Waals surface area contributed by atoms with E-state index in [1.54, 1.807) is 29.2 Å². The molecule has 0 fully saturated rings. The molecule has 0 N–H and O–H groups in total. The number of carbonyl (C=O) groups is 1. The van der Waals surface area contributed by atoms with Crippen molar-refractivity contribution in [2.45, 2.75) is 32.9 Å². The maximum Gasteiger partial charge on any atom is 0.225 e. The summed E-state index contributed by atoms with van der Waals surface area (Å²) < 4.78 is 13.2. The van der Waals surface area contributed by atoms with Gasteiger partial charge >= 0.3 is 0 Å². The van der Waals surface area contributed by atoms with Crippen LogP contribution < -0.4 is 0 Å². The lowest BCUT2D eigenvalue weighted by Crippen LogP contribution is -2.39. The molecule has 0 aromatic heterocycles. The average molecular weight is 423 g/mol. The van der Waals surface area contributed by atoms with Crippen molar-refractivity contribution >= 4 is 34.8 Å². The van der Waals surface area contributed by atoms with Crippen LogP contribution in [-0.4, -0.2) is 29.2 Å². The van der Waals surface area contributed by atoms with Crippen molar-refractivity contribution in [3.63, 3.8) is 0 Å². The molecule has 28 heavy (non-hydrogen) atoms. The molecule has 3 rings (SSSR count). The van der Waals surface area contributed by atoms with Crippen LogP contribution in [0.2, 0.25) is 10.0 Å². The fourth-order valence-corrected chi connectivity index (χ4v) is 3.32. The molecule has 148 valence electrons. The van der Waals surface area contributed by atoms with Gasteiger partial charge in [0.1, 0.15) is 5.82 Å². The van der Waals surface area contributed by atoms with Gasteiger partial charge in [-0.15, -0.1) is 0 Å². The predicted octanol–water partition coefficient (Wildman–Crippen LogP) is 5.31. The third-order valence-corrected chi connectivity index (χ3v) is 5.24. The minimum atomic E-state index is -0.302. The Balaban J connectivity index is 1.68. The summed E-state index contributed by atoms with van der Waals surface area (Å²) in [5.41, 5.74) is 2.47. The third-order valence-electron chi connectivity index (χ3n) is 4.50. The molecule has 0 saturated carbocycles. The number of hydrogen-bond donors (Lipinski definition) is 0. The molecule has 0 radical (unpaired) electrons. The van der Waals surface area contributed by atoms with Gasteiger partial charge in [0, 0.05) is 24.4 Å². The summed E-state index contributed by atoms with van der Waals surface area (Å²) in [6.45, 7) is 4.49. The lowest BCUT2D eigenvalue weighted by molar-refractivity contribution is -0.136. The lowest BCUT2D eigenvalue weighted by atomic mass is 10.0. The fraction of sp³-hybridized carbons (Fsp3) is 0.333. The Bertz CT molecular complexity index is 884. The van der Waals surface area contributed by atoms with Crippen molar-refractivity contribution in [3.05, 3.63) is 69.5 Å². The Labute approximate surface area is 173 Å². The van der Waals surface area contributed by atoms with Gasteiger partial charge in [-0.1, -0.05) is 60.4 Å². The van der Waals surface area contributed by atoms with Gasteiger partial charge in [-0.2, -0.15) is 0 Å². The maximum atomic E-state index is 13.2. The number of halogens is 3. The highest BCUT2D eigenvalue weighted by molar-refractivity contribution is 6.42. The number of nitrogens with zero attached hydrogens (tertiary/aromatic N) is 2. The molecule has 4 nitrogen and oxygen atoms in total. The zero-order valence-electron chi connectivity index (χ0n) is 15.7. The number of benzene rings is 2. The van der Waals surface area contributed by atoms with Crippen LogP contribution in [0.25, 0.3) is 0 Å². The van der Waals surface area contributed by atoms with E-state index >= 15 is 0 Å². The van der Waals surface area contributed by atoms with E-state index in [4.69, 9.17) is 28.0 Å². The monoisotopic (exact) mass is 422 g/mol. The molecule has 0 bridgehead atoms. The predicted molar refractivity (Wildman–Crippen MR) is 109 cm³/mol. The normalized spacial score (nSPS) is 16.1. The highest BCUT2D eigenvalue weighted by Gasteiger charge is 2.28. The van der Waals surface area contributed by atoms with Crippen LogP contribution >= 0.6 is 23.2 Å². The SMILES string of the molecule is CC(C)C(=O)N(Cc1ccc(F)cc1)C[C@@H]1CC(c2ccc(Cl)c(Cl)c2)=NO1. The Morgan fingerprint density at radius 3 is 2.57 bits per heavy atom. The average Bonchev–Trinajstić information content (AvgIpc) is 3.13. The van der Waals surface area contributed by atoms with Gasteiger partial charge in [0.25, 0.3) is 0 Å². The van der Waals surface area contributed by atoms with Crippen molar-refractivity contribution in [3.8, 4) is 0 Å². The van der Waals surface area contributed by atoms with Crippen LogP contribution in [0.3, 0.4) is 0 Å². The summed E-state index contributed by atoms with van der Waals surface area (Å²) >= 11 is 12.0. The summed E-state index contributed by atoms with van der Waals surface area (Å²) in [5.74, 6) is -0.447. The molecule has 0 aliphatic carbocycles. The van der Waals surface area contributed by atoms with Crippen molar-refractivity contribution in [2.75, 3.05) is 6.54 Å². The van der Waals surface area contributed by atoms with Crippen LogP contribution in [0.5, 0.6) is 0 Å². The zero-order valence-corrected chi connectivity index (χ0v) is 17.2. The van der Waals surface area contributed by atoms with Gasteiger partial charge in [0.15, 0.2) is 6.10 Å². The van der Waals surface area contributed by atoms with E-state index in [0.29, 0.717) is 29.6 Å². The first kappa shape index (κ1) is 20.6. The van der Waals surface area contributed by atoms with Gasteiger partial charge in [0.2, 0.25) is 5.91 Å². The molecule has 2 aromatic rings. The number of hydrogen-bond acceptors (Lipinski definition) is 3. The van der Waals surface area contributed by atoms with Crippen molar-refractivity contribution in [2.24, 2.45) is 11.1 Å². The first-order chi connectivity index (χ1) is 13.3. The van der Waals surface area contributed by atoms with Crippen molar-refractivity contribution in [1.29, 1.82) is 0 Å². The van der Waals surface area contributed by atoms with Crippen LogP contribution in [0.15, 0.2) is 47.6 Å². The Hall–Kier alpha value is -2.11. The molecule has 2 aromatic carbocycles. The van der Waals surface area contributed by atoms with E-state index in [2.05, 4.69) is 5.16 Å². The molecule has 1 aliphatic heterocycles. The molecule has 0 saturated heterocycles. The smallest absolute Gasteiger partial charge is 0.225 e. The quantitative estimate of drug-likeness (QED) is 0.632. The standard InChI is InChI=1S/C21H21Cl2FN2O2/c1-13(2)21(27)26(11-14-3-6-16(24)7-4-14)12-17-10-20(25-28-17)15-5-8-18(22)19(23)9-15/h3-9,13,17H,10-12H2,1-2H3/t17-/m0/s1. The molecule has 0 unspecified atom stereocenters. The second-order valence-electron chi connectivity index (χ2n) is 7.10. The van der Waals surface area contributed by atoms with E-state index in [1.165, 1.54) is 12.1 Å². The van der Waals surface area contributed by atoms with Crippen LogP contribution in [0, 0.1) is 11.7 Å². The number of rotatable bonds is 6. The van der Waals surface area contributed by atoms with E-state index < -0.39 is 0 Å². The first-order valence-corrected chi connectivity index (χ1v) is 9.80. The van der Waals surface area contributed by atoms with Crippen molar-refractivity contribution < 1.29 is 14.0 Å². The highest BCUT2D eigenvalue weighted by Crippen LogP contribution is 2.26. The van der Waals surface area contributed by atoms with Gasteiger partial charge in [-0.3, -0.25) is 4.79 Å². The minimum Gasteiger partial charge on any atom is -0.390 e. The van der Waals surface area contributed by atoms with E-state index in [-0.39, 0.29) is 23.7 Å². The second-order valence-corrected chi connectivity index (χ2v) is 7.91. The summed E-state index contributed by atoms with van der Waals surface area (Å²) in [7, 11) is 0. The molecular formula is C21H21Cl2FN2O2. The fourth-order valence-electron chi connectivity index (χ4n) is 3.03. The molecule has 1 amide bonds. The Morgan fingerprint density at radius 1 is 1.21 bits per heavy atom. The van der Waals surface area contributed by atoms with Crippen LogP contribution in [0.1, 0.15) is 31.4 Å². The van der Waals surface area contributed by atoms with E-state index in [0.717, 1.165) is 16.8 Å². The largest absolute Gasteiger partial charge is 0.390 e. The second kappa shape index (κ2) is 8.93. The molecule has 1 heterocycles. The third kappa shape index (κ3) is 5.03. The minimum absolute atomic E-state index is 0.0101. The summed E-state index contributed by atoms with van der Waals surface area (Å²) in [4.78, 5) is 20.0. The summed E-state index contributed by atoms with van der Waals surface area (Å²) in [6.07, 6.45) is 0.302.